The Balaban J connectivity index is 1.61. The second kappa shape index (κ2) is 8.37. The molecule has 0 aliphatic heterocycles. The summed E-state index contributed by atoms with van der Waals surface area (Å²) in [5, 5.41) is 3.38. The molecule has 2 aromatic heterocycles. The maximum Gasteiger partial charge on any atom is 0.224 e. The van der Waals surface area contributed by atoms with Crippen molar-refractivity contribution in [3.8, 4) is 11.4 Å². The molecule has 2 unspecified atom stereocenters. The molecule has 168 valence electrons. The fraction of sp³-hybridized carbons (Fsp3) is 0.208. The second-order valence-electron chi connectivity index (χ2n) is 7.91. The van der Waals surface area contributed by atoms with Crippen molar-refractivity contribution in [2.75, 3.05) is 25.2 Å². The minimum absolute atomic E-state index is 0.0406. The third-order valence-electron chi connectivity index (χ3n) is 6.09. The Kier molecular flexibility index (Phi) is 5.38. The summed E-state index contributed by atoms with van der Waals surface area (Å²) in [6.07, 6.45) is 4.09. The number of benzene rings is 2. The van der Waals surface area contributed by atoms with E-state index >= 15 is 0 Å². The topological polar surface area (TPSA) is 90.9 Å². The number of hydrogen-bond acceptors (Lipinski definition) is 6. The quantitative estimate of drug-likeness (QED) is 0.442. The average molecular weight is 465 g/mol. The first-order chi connectivity index (χ1) is 16.0. The van der Waals surface area contributed by atoms with E-state index in [1.54, 1.807) is 38.8 Å². The summed E-state index contributed by atoms with van der Waals surface area (Å²) in [5.74, 6) is 1.22. The van der Waals surface area contributed by atoms with Gasteiger partial charge in [0.2, 0.25) is 5.95 Å². The smallest absolute Gasteiger partial charge is 0.224 e. The Bertz CT molecular complexity index is 1320. The molecule has 33 heavy (non-hydrogen) atoms. The van der Waals surface area contributed by atoms with Crippen LogP contribution in [0.1, 0.15) is 40.6 Å². The number of nitrogens with two attached hydrogens (primary N) is 1. The number of fused-ring (bicyclic) bond motifs is 1. The average Bonchev–Trinajstić information content (AvgIpc) is 3.43. The highest BCUT2D eigenvalue weighted by Crippen LogP contribution is 2.50. The molecule has 0 amide bonds. The summed E-state index contributed by atoms with van der Waals surface area (Å²) in [6, 6.07) is 12.6. The van der Waals surface area contributed by atoms with Crippen molar-refractivity contribution < 1.29 is 9.13 Å². The van der Waals surface area contributed by atoms with Crippen LogP contribution in [0, 0.1) is 5.82 Å². The predicted molar refractivity (Wildman–Crippen MR) is 126 cm³/mol. The lowest BCUT2D eigenvalue weighted by molar-refractivity contribution is 0.412. The van der Waals surface area contributed by atoms with E-state index in [0.29, 0.717) is 22.7 Å². The van der Waals surface area contributed by atoms with Gasteiger partial charge in [-0.2, -0.15) is 4.98 Å². The van der Waals surface area contributed by atoms with Crippen LogP contribution in [0.2, 0.25) is 5.15 Å². The molecule has 2 heterocycles. The zero-order valence-corrected chi connectivity index (χ0v) is 18.8. The summed E-state index contributed by atoms with van der Waals surface area (Å²) in [7, 11) is 3.38. The molecule has 0 spiro atoms. The molecule has 0 saturated heterocycles. The molecular formula is C24H22ClFN6O. The maximum atomic E-state index is 13.6. The van der Waals surface area contributed by atoms with E-state index in [2.05, 4.69) is 15.3 Å². The fourth-order valence-corrected chi connectivity index (χ4v) is 4.70. The summed E-state index contributed by atoms with van der Waals surface area (Å²) >= 11 is 5.99. The third-order valence-corrected chi connectivity index (χ3v) is 6.28. The molecule has 4 aromatic rings. The normalized spacial score (nSPS) is 17.1. The lowest BCUT2D eigenvalue weighted by Gasteiger charge is -2.17. The van der Waals surface area contributed by atoms with Gasteiger partial charge in [0.05, 0.1) is 18.5 Å². The number of halogens is 2. The molecule has 3 N–H and O–H groups in total. The first kappa shape index (κ1) is 21.2. The minimum atomic E-state index is -0.272. The lowest BCUT2D eigenvalue weighted by atomic mass is 9.90. The van der Waals surface area contributed by atoms with E-state index in [0.717, 1.165) is 34.5 Å². The number of methoxy groups -OCH3 is 1. The lowest BCUT2D eigenvalue weighted by Crippen LogP contribution is -2.09. The number of ether oxygens (including phenoxy) is 1. The molecule has 5 rings (SSSR count). The zero-order chi connectivity index (χ0) is 23.1. The van der Waals surface area contributed by atoms with E-state index in [1.807, 2.05) is 22.8 Å². The first-order valence-electron chi connectivity index (χ1n) is 10.5. The van der Waals surface area contributed by atoms with Gasteiger partial charge in [0.1, 0.15) is 28.9 Å². The maximum absolute atomic E-state index is 13.6. The van der Waals surface area contributed by atoms with E-state index in [1.165, 1.54) is 12.1 Å². The predicted octanol–water partition coefficient (Wildman–Crippen LogP) is 4.75. The van der Waals surface area contributed by atoms with Crippen LogP contribution in [0.5, 0.6) is 5.75 Å². The zero-order valence-electron chi connectivity index (χ0n) is 18.1. The van der Waals surface area contributed by atoms with Gasteiger partial charge in [0.15, 0.2) is 0 Å². The first-order valence-corrected chi connectivity index (χ1v) is 10.8. The van der Waals surface area contributed by atoms with E-state index in [4.69, 9.17) is 27.1 Å². The number of imidazole rings is 1. The molecule has 2 atom stereocenters. The van der Waals surface area contributed by atoms with Crippen LogP contribution in [-0.4, -0.2) is 33.7 Å². The molecular weight excluding hydrogens is 443 g/mol. The van der Waals surface area contributed by atoms with Crippen LogP contribution in [0.15, 0.2) is 55.0 Å². The van der Waals surface area contributed by atoms with Gasteiger partial charge in [-0.3, -0.25) is 0 Å². The number of rotatable bonds is 5. The van der Waals surface area contributed by atoms with Crippen LogP contribution in [0.3, 0.4) is 0 Å². The molecule has 7 nitrogen and oxygen atoms in total. The molecule has 2 aromatic carbocycles. The van der Waals surface area contributed by atoms with Crippen molar-refractivity contribution in [3.05, 3.63) is 88.3 Å². The largest absolute Gasteiger partial charge is 0.495 e. The van der Waals surface area contributed by atoms with Crippen molar-refractivity contribution in [2.24, 2.45) is 0 Å². The Morgan fingerprint density at radius 3 is 2.55 bits per heavy atom. The Morgan fingerprint density at radius 2 is 1.88 bits per heavy atom. The van der Waals surface area contributed by atoms with Crippen molar-refractivity contribution in [1.29, 1.82) is 0 Å². The SMILES string of the molecule is CNc1nc(N)c2c(n1)C(c1ccc(F)cc1)CC2c1ccc(-n2cnc(Cl)c2)c(OC)c1. The van der Waals surface area contributed by atoms with Gasteiger partial charge in [-0.05, 0) is 41.8 Å². The molecule has 0 fully saturated rings. The van der Waals surface area contributed by atoms with Crippen molar-refractivity contribution in [1.82, 2.24) is 19.5 Å². The fourth-order valence-electron chi connectivity index (χ4n) is 4.55. The third kappa shape index (κ3) is 3.76. The molecule has 0 radical (unpaired) electrons. The van der Waals surface area contributed by atoms with Crippen LogP contribution >= 0.6 is 11.6 Å². The van der Waals surface area contributed by atoms with Crippen LogP contribution in [0.4, 0.5) is 16.2 Å². The number of nitrogens with one attached hydrogen (secondary N) is 1. The van der Waals surface area contributed by atoms with Gasteiger partial charge in [0.25, 0.3) is 0 Å². The Hall–Kier alpha value is -3.65. The Morgan fingerprint density at radius 1 is 1.12 bits per heavy atom. The number of nitrogens with zero attached hydrogens (tertiary/aromatic N) is 4. The van der Waals surface area contributed by atoms with Crippen LogP contribution in [-0.2, 0) is 0 Å². The number of anilines is 2. The van der Waals surface area contributed by atoms with Crippen molar-refractivity contribution >= 4 is 23.4 Å². The van der Waals surface area contributed by atoms with Crippen LogP contribution < -0.4 is 15.8 Å². The molecule has 1 aliphatic rings. The molecule has 0 bridgehead atoms. The van der Waals surface area contributed by atoms with E-state index < -0.39 is 0 Å². The van der Waals surface area contributed by atoms with Gasteiger partial charge < -0.3 is 20.4 Å². The molecule has 9 heteroatoms. The monoisotopic (exact) mass is 464 g/mol. The summed E-state index contributed by atoms with van der Waals surface area (Å²) < 4.78 is 21.1. The van der Waals surface area contributed by atoms with Gasteiger partial charge in [-0.1, -0.05) is 29.8 Å². The Labute approximate surface area is 195 Å². The summed E-state index contributed by atoms with van der Waals surface area (Å²) in [6.45, 7) is 0. The standard InChI is InChI=1S/C24H22ClFN6O/c1-28-24-30-22-17(13-3-6-15(26)7-4-13)10-16(21(22)23(27)31-24)14-5-8-18(19(9-14)33-2)32-11-20(25)29-12-32/h3-9,11-12,16-17H,10H2,1-2H3,(H3,27,28,30,31). The van der Waals surface area contributed by atoms with E-state index in [9.17, 15) is 4.39 Å². The van der Waals surface area contributed by atoms with Gasteiger partial charge >= 0.3 is 0 Å². The van der Waals surface area contributed by atoms with Gasteiger partial charge in [0, 0.05) is 30.6 Å². The van der Waals surface area contributed by atoms with Crippen LogP contribution in [0.25, 0.3) is 5.69 Å². The summed E-state index contributed by atoms with van der Waals surface area (Å²) in [5.41, 5.74) is 11.0. The number of hydrogen-bond donors (Lipinski definition) is 2. The van der Waals surface area contributed by atoms with Gasteiger partial charge in [-0.15, -0.1) is 0 Å². The number of aromatic nitrogens is 4. The summed E-state index contributed by atoms with van der Waals surface area (Å²) in [4.78, 5) is 13.3. The highest BCUT2D eigenvalue weighted by molar-refractivity contribution is 6.29. The van der Waals surface area contributed by atoms with Crippen molar-refractivity contribution in [3.63, 3.8) is 0 Å². The number of nitrogen functional groups attached to an aromatic ring is 1. The molecule has 0 saturated carbocycles. The second-order valence-corrected chi connectivity index (χ2v) is 8.30. The minimum Gasteiger partial charge on any atom is -0.495 e. The van der Waals surface area contributed by atoms with E-state index in [-0.39, 0.29) is 17.7 Å². The van der Waals surface area contributed by atoms with Crippen molar-refractivity contribution in [2.45, 2.75) is 18.3 Å². The highest BCUT2D eigenvalue weighted by Gasteiger charge is 2.37. The van der Waals surface area contributed by atoms with Gasteiger partial charge in [-0.25, -0.2) is 14.4 Å². The highest BCUT2D eigenvalue weighted by atomic mass is 35.5. The molecule has 1 aliphatic carbocycles.